The van der Waals surface area contributed by atoms with Gasteiger partial charge in [-0.25, -0.2) is 0 Å². The zero-order valence-electron chi connectivity index (χ0n) is 14.6. The average molecular weight is 336 g/mol. The molecule has 1 aliphatic heterocycles. The van der Waals surface area contributed by atoms with Crippen LogP contribution in [0.2, 0.25) is 0 Å². The highest BCUT2D eigenvalue weighted by Crippen LogP contribution is 2.36. The summed E-state index contributed by atoms with van der Waals surface area (Å²) in [6.45, 7) is 3.51. The normalized spacial score (nSPS) is 17.3. The fraction of sp³-hybridized carbons (Fsp3) is 0.429. The molecule has 1 aromatic heterocycles. The molecule has 2 aliphatic rings. The summed E-state index contributed by atoms with van der Waals surface area (Å²) in [5, 5.41) is 0. The summed E-state index contributed by atoms with van der Waals surface area (Å²) < 4.78 is 5.65. The number of fused-ring (bicyclic) bond motifs is 1. The van der Waals surface area contributed by atoms with Gasteiger partial charge in [0, 0.05) is 31.3 Å². The molecular formula is C21H24N2O2. The molecule has 1 unspecified atom stereocenters. The van der Waals surface area contributed by atoms with Gasteiger partial charge in [0.15, 0.2) is 0 Å². The van der Waals surface area contributed by atoms with Gasteiger partial charge in [-0.05, 0) is 54.7 Å². The maximum absolute atomic E-state index is 13.1. The Labute approximate surface area is 148 Å². The smallest absolute Gasteiger partial charge is 0.226 e. The number of hydrogen-bond acceptors (Lipinski definition) is 3. The van der Waals surface area contributed by atoms with Gasteiger partial charge in [0.2, 0.25) is 5.91 Å². The largest absolute Gasteiger partial charge is 0.493 e. The van der Waals surface area contributed by atoms with E-state index < -0.39 is 0 Å². The molecule has 0 N–H and O–H groups in total. The number of carbonyl (C=O) groups excluding carboxylic acids is 1. The van der Waals surface area contributed by atoms with Crippen molar-refractivity contribution in [2.24, 2.45) is 5.92 Å². The molecule has 4 nitrogen and oxygen atoms in total. The van der Waals surface area contributed by atoms with Gasteiger partial charge in [-0.15, -0.1) is 0 Å². The predicted octanol–water partition coefficient (Wildman–Crippen LogP) is 3.75. The number of benzene rings is 1. The summed E-state index contributed by atoms with van der Waals surface area (Å²) >= 11 is 0. The number of carbonyl (C=O) groups is 1. The molecule has 130 valence electrons. The van der Waals surface area contributed by atoms with Crippen molar-refractivity contribution < 1.29 is 9.53 Å². The molecule has 4 rings (SSSR count). The van der Waals surface area contributed by atoms with Gasteiger partial charge < -0.3 is 9.64 Å². The lowest BCUT2D eigenvalue weighted by Gasteiger charge is -2.37. The molecule has 2 aromatic rings. The summed E-state index contributed by atoms with van der Waals surface area (Å²) in [5.41, 5.74) is 3.45. The van der Waals surface area contributed by atoms with Crippen LogP contribution in [-0.4, -0.2) is 28.9 Å². The van der Waals surface area contributed by atoms with Crippen molar-refractivity contribution in [1.82, 2.24) is 9.88 Å². The Morgan fingerprint density at radius 3 is 2.88 bits per heavy atom. The first kappa shape index (κ1) is 16.1. The molecule has 0 bridgehead atoms. The Morgan fingerprint density at radius 1 is 1.32 bits per heavy atom. The van der Waals surface area contributed by atoms with E-state index in [0.29, 0.717) is 6.54 Å². The maximum atomic E-state index is 13.1. The van der Waals surface area contributed by atoms with Crippen molar-refractivity contribution in [1.29, 1.82) is 0 Å². The van der Waals surface area contributed by atoms with E-state index in [9.17, 15) is 4.79 Å². The average Bonchev–Trinajstić information content (AvgIpc) is 3.06. The van der Waals surface area contributed by atoms with E-state index in [0.717, 1.165) is 42.7 Å². The number of amides is 1. The van der Waals surface area contributed by atoms with E-state index in [4.69, 9.17) is 4.74 Å². The number of ether oxygens (including phenoxy) is 1. The highest BCUT2D eigenvalue weighted by Gasteiger charge is 2.34. The molecule has 0 radical (unpaired) electrons. The van der Waals surface area contributed by atoms with Crippen molar-refractivity contribution in [2.75, 3.05) is 13.2 Å². The third-order valence-corrected chi connectivity index (χ3v) is 5.42. The molecule has 1 amide bonds. The molecule has 1 saturated carbocycles. The molecule has 1 fully saturated rings. The second kappa shape index (κ2) is 6.87. The fourth-order valence-electron chi connectivity index (χ4n) is 3.82. The van der Waals surface area contributed by atoms with Crippen LogP contribution in [0.4, 0.5) is 0 Å². The summed E-state index contributed by atoms with van der Waals surface area (Å²) in [5.74, 6) is 1.44. The van der Waals surface area contributed by atoms with Crippen LogP contribution >= 0.6 is 0 Å². The quantitative estimate of drug-likeness (QED) is 0.835. The summed E-state index contributed by atoms with van der Waals surface area (Å²) in [6.07, 6.45) is 7.81. The van der Waals surface area contributed by atoms with E-state index in [2.05, 4.69) is 30.1 Å². The number of aromatic nitrogens is 1. The van der Waals surface area contributed by atoms with Crippen molar-refractivity contribution in [3.05, 3.63) is 59.4 Å². The first-order valence-corrected chi connectivity index (χ1v) is 9.24. The molecule has 25 heavy (non-hydrogen) atoms. The van der Waals surface area contributed by atoms with Gasteiger partial charge in [0.1, 0.15) is 5.75 Å². The van der Waals surface area contributed by atoms with Gasteiger partial charge in [-0.1, -0.05) is 18.6 Å². The monoisotopic (exact) mass is 336 g/mol. The summed E-state index contributed by atoms with van der Waals surface area (Å²) in [7, 11) is 0. The van der Waals surface area contributed by atoms with Crippen LogP contribution in [-0.2, 0) is 11.2 Å². The topological polar surface area (TPSA) is 42.4 Å². The zero-order valence-corrected chi connectivity index (χ0v) is 14.6. The first-order valence-electron chi connectivity index (χ1n) is 9.24. The van der Waals surface area contributed by atoms with Crippen LogP contribution in [0, 0.1) is 5.92 Å². The molecule has 1 aliphatic carbocycles. The van der Waals surface area contributed by atoms with Gasteiger partial charge in [-0.2, -0.15) is 0 Å². The molecule has 4 heteroatoms. The van der Waals surface area contributed by atoms with E-state index in [1.165, 1.54) is 12.0 Å². The molecule has 2 heterocycles. The number of rotatable bonds is 5. The molecule has 1 atom stereocenters. The highest BCUT2D eigenvalue weighted by atomic mass is 16.5. The number of hydrogen-bond donors (Lipinski definition) is 0. The van der Waals surface area contributed by atoms with E-state index in [1.54, 1.807) is 6.20 Å². The standard InChI is InChI=1S/C21H24N2O2/c1-2-23(21(24)15-5-3-6-15)20(18-7-4-11-22-14-18)17-8-9-19-16(13-17)10-12-25-19/h4,7-9,11,13-15,20H,2-3,5-6,10,12H2,1H3. The SMILES string of the molecule is CCN(C(=O)C1CCC1)C(c1cccnc1)c1ccc2c(c1)CCO2. The molecule has 1 aromatic carbocycles. The lowest BCUT2D eigenvalue weighted by Crippen LogP contribution is -2.41. The molecular weight excluding hydrogens is 312 g/mol. The second-order valence-electron chi connectivity index (χ2n) is 6.91. The van der Waals surface area contributed by atoms with Crippen LogP contribution in [0.25, 0.3) is 0 Å². The van der Waals surface area contributed by atoms with Crippen molar-refractivity contribution in [3.8, 4) is 5.75 Å². The van der Waals surface area contributed by atoms with Crippen molar-refractivity contribution in [2.45, 2.75) is 38.6 Å². The van der Waals surface area contributed by atoms with Gasteiger partial charge in [-0.3, -0.25) is 9.78 Å². The third-order valence-electron chi connectivity index (χ3n) is 5.42. The summed E-state index contributed by atoms with van der Waals surface area (Å²) in [4.78, 5) is 19.4. The highest BCUT2D eigenvalue weighted by molar-refractivity contribution is 5.80. The van der Waals surface area contributed by atoms with E-state index in [-0.39, 0.29) is 17.9 Å². The minimum atomic E-state index is -0.0855. The van der Waals surface area contributed by atoms with E-state index >= 15 is 0 Å². The van der Waals surface area contributed by atoms with Crippen molar-refractivity contribution >= 4 is 5.91 Å². The Morgan fingerprint density at radius 2 is 2.20 bits per heavy atom. The Bertz CT molecular complexity index is 756. The Hall–Kier alpha value is -2.36. The summed E-state index contributed by atoms with van der Waals surface area (Å²) in [6, 6.07) is 10.3. The lowest BCUT2D eigenvalue weighted by atomic mass is 9.83. The first-order chi connectivity index (χ1) is 12.3. The van der Waals surface area contributed by atoms with Gasteiger partial charge in [0.25, 0.3) is 0 Å². The molecule has 0 spiro atoms. The van der Waals surface area contributed by atoms with Crippen LogP contribution in [0.15, 0.2) is 42.7 Å². The van der Waals surface area contributed by atoms with Crippen molar-refractivity contribution in [3.63, 3.8) is 0 Å². The predicted molar refractivity (Wildman–Crippen MR) is 96.4 cm³/mol. The number of nitrogens with zero attached hydrogens (tertiary/aromatic N) is 2. The molecule has 0 saturated heterocycles. The second-order valence-corrected chi connectivity index (χ2v) is 6.91. The van der Waals surface area contributed by atoms with Gasteiger partial charge in [0.05, 0.1) is 12.6 Å². The minimum absolute atomic E-state index is 0.0855. The van der Waals surface area contributed by atoms with Crippen LogP contribution in [0.1, 0.15) is 48.9 Å². The third kappa shape index (κ3) is 3.01. The lowest BCUT2D eigenvalue weighted by molar-refractivity contribution is -0.139. The minimum Gasteiger partial charge on any atom is -0.493 e. The van der Waals surface area contributed by atoms with Crippen LogP contribution in [0.3, 0.4) is 0 Å². The Kier molecular flexibility index (Phi) is 4.43. The van der Waals surface area contributed by atoms with Gasteiger partial charge >= 0.3 is 0 Å². The zero-order chi connectivity index (χ0) is 17.2. The fourth-order valence-corrected chi connectivity index (χ4v) is 3.82. The Balaban J connectivity index is 1.74. The van der Waals surface area contributed by atoms with E-state index in [1.807, 2.05) is 23.2 Å². The van der Waals surface area contributed by atoms with Crippen LogP contribution < -0.4 is 4.74 Å². The number of pyridine rings is 1. The maximum Gasteiger partial charge on any atom is 0.226 e. The van der Waals surface area contributed by atoms with Crippen LogP contribution in [0.5, 0.6) is 5.75 Å².